The molecule has 7 nitrogen and oxygen atoms in total. The van der Waals surface area contributed by atoms with E-state index in [1.807, 2.05) is 0 Å². The van der Waals surface area contributed by atoms with Gasteiger partial charge in [0.25, 0.3) is 5.69 Å². The van der Waals surface area contributed by atoms with Gasteiger partial charge in [-0.3, -0.25) is 20.2 Å². The van der Waals surface area contributed by atoms with Crippen molar-refractivity contribution in [1.29, 1.82) is 0 Å². The van der Waals surface area contributed by atoms with E-state index >= 15 is 0 Å². The molecule has 0 saturated carbocycles. The predicted molar refractivity (Wildman–Crippen MR) is 52.9 cm³/mol. The zero-order valence-corrected chi connectivity index (χ0v) is 7.49. The maximum absolute atomic E-state index is 10.5. The smallest absolute Gasteiger partial charge is 0.292 e. The van der Waals surface area contributed by atoms with Gasteiger partial charge in [0, 0.05) is 6.07 Å². The maximum atomic E-state index is 10.5. The third-order valence-electron chi connectivity index (χ3n) is 1.54. The zero-order valence-electron chi connectivity index (χ0n) is 7.49. The lowest BCUT2D eigenvalue weighted by Crippen LogP contribution is -1.96. The molecule has 0 aliphatic carbocycles. The summed E-state index contributed by atoms with van der Waals surface area (Å²) in [6.07, 6.45) is 1.69. The third-order valence-corrected chi connectivity index (χ3v) is 1.54. The molecule has 15 heavy (non-hydrogen) atoms. The van der Waals surface area contributed by atoms with E-state index in [-0.39, 0.29) is 11.4 Å². The molecule has 7 heteroatoms. The van der Waals surface area contributed by atoms with Crippen molar-refractivity contribution in [2.45, 2.75) is 0 Å². The molecule has 0 amide bonds. The number of rotatable bonds is 4. The molecule has 1 N–H and O–H groups in total. The van der Waals surface area contributed by atoms with Gasteiger partial charge in [-0.05, 0) is 6.07 Å². The molecule has 1 aromatic rings. The number of nitro groups is 2. The average molecular weight is 209 g/mol. The molecule has 1 aromatic carbocycles. The zero-order chi connectivity index (χ0) is 11.3. The standard InChI is InChI=1S/C8H7N3O4/c12-10(13)6-5-9-7-3-1-2-4-8(7)11(14)15/h1-6,9H/b6-5+. The van der Waals surface area contributed by atoms with Crippen LogP contribution in [-0.2, 0) is 0 Å². The monoisotopic (exact) mass is 209 g/mol. The van der Waals surface area contributed by atoms with Crippen LogP contribution in [0.15, 0.2) is 36.7 Å². The van der Waals surface area contributed by atoms with Crippen LogP contribution in [0.1, 0.15) is 0 Å². The average Bonchev–Trinajstić information content (AvgIpc) is 2.17. The Labute approximate surface area is 84.3 Å². The summed E-state index contributed by atoms with van der Waals surface area (Å²) in [5.74, 6) is 0. The van der Waals surface area contributed by atoms with E-state index < -0.39 is 9.85 Å². The minimum absolute atomic E-state index is 0.134. The predicted octanol–water partition coefficient (Wildman–Crippen LogP) is 1.75. The lowest BCUT2D eigenvalue weighted by molar-refractivity contribution is -0.402. The first-order chi connectivity index (χ1) is 7.11. The van der Waals surface area contributed by atoms with Gasteiger partial charge in [0.2, 0.25) is 6.20 Å². The van der Waals surface area contributed by atoms with Crippen LogP contribution in [0.4, 0.5) is 11.4 Å². The molecular weight excluding hydrogens is 202 g/mol. The van der Waals surface area contributed by atoms with Crippen LogP contribution >= 0.6 is 0 Å². The molecule has 0 aliphatic heterocycles. The van der Waals surface area contributed by atoms with E-state index in [0.717, 1.165) is 6.20 Å². The summed E-state index contributed by atoms with van der Waals surface area (Å²) in [4.78, 5) is 19.2. The summed E-state index contributed by atoms with van der Waals surface area (Å²) < 4.78 is 0. The van der Waals surface area contributed by atoms with Crippen molar-refractivity contribution in [2.24, 2.45) is 0 Å². The van der Waals surface area contributed by atoms with Gasteiger partial charge in [-0.1, -0.05) is 12.1 Å². The quantitative estimate of drug-likeness (QED) is 0.601. The normalized spacial score (nSPS) is 10.1. The van der Waals surface area contributed by atoms with Crippen LogP contribution < -0.4 is 5.32 Å². The molecule has 1 rings (SSSR count). The second-order valence-electron chi connectivity index (χ2n) is 2.52. The van der Waals surface area contributed by atoms with E-state index in [9.17, 15) is 20.2 Å². The minimum Gasteiger partial charge on any atom is -0.351 e. The number of hydrogen-bond acceptors (Lipinski definition) is 5. The molecule has 0 unspecified atom stereocenters. The second kappa shape index (κ2) is 4.70. The Morgan fingerprint density at radius 1 is 1.20 bits per heavy atom. The highest BCUT2D eigenvalue weighted by molar-refractivity contribution is 5.62. The molecule has 0 atom stereocenters. The Morgan fingerprint density at radius 2 is 1.87 bits per heavy atom. The molecule has 0 spiro atoms. The highest BCUT2D eigenvalue weighted by atomic mass is 16.6. The molecule has 0 radical (unpaired) electrons. The number of nitrogens with one attached hydrogen (secondary N) is 1. The van der Waals surface area contributed by atoms with E-state index in [4.69, 9.17) is 0 Å². The molecule has 0 fully saturated rings. The van der Waals surface area contributed by atoms with Crippen molar-refractivity contribution >= 4 is 11.4 Å². The Morgan fingerprint density at radius 3 is 2.47 bits per heavy atom. The first-order valence-corrected chi connectivity index (χ1v) is 3.91. The van der Waals surface area contributed by atoms with E-state index in [1.54, 1.807) is 6.07 Å². The van der Waals surface area contributed by atoms with Crippen molar-refractivity contribution < 1.29 is 9.85 Å². The fourth-order valence-corrected chi connectivity index (χ4v) is 0.943. The lowest BCUT2D eigenvalue weighted by Gasteiger charge is -1.99. The van der Waals surface area contributed by atoms with Crippen molar-refractivity contribution in [1.82, 2.24) is 0 Å². The summed E-state index contributed by atoms with van der Waals surface area (Å²) >= 11 is 0. The SMILES string of the molecule is O=[N+]([O-])/C=C/Nc1ccccc1[N+](=O)[O-]. The first-order valence-electron chi connectivity index (χ1n) is 3.91. The van der Waals surface area contributed by atoms with Gasteiger partial charge in [0.15, 0.2) is 0 Å². The number of anilines is 1. The van der Waals surface area contributed by atoms with Crippen molar-refractivity contribution in [2.75, 3.05) is 5.32 Å². The lowest BCUT2D eigenvalue weighted by atomic mass is 10.3. The minimum atomic E-state index is -0.665. The van der Waals surface area contributed by atoms with Crippen LogP contribution in [0.3, 0.4) is 0 Å². The van der Waals surface area contributed by atoms with E-state index in [1.165, 1.54) is 18.2 Å². The molecule has 0 aliphatic rings. The number of para-hydroxylation sites is 2. The highest BCUT2D eigenvalue weighted by Crippen LogP contribution is 2.22. The third kappa shape index (κ3) is 3.07. The summed E-state index contributed by atoms with van der Waals surface area (Å²) in [5.41, 5.74) is 0.0751. The fourth-order valence-electron chi connectivity index (χ4n) is 0.943. The second-order valence-corrected chi connectivity index (χ2v) is 2.52. The van der Waals surface area contributed by atoms with Gasteiger partial charge in [0.1, 0.15) is 5.69 Å². The molecule has 0 heterocycles. The van der Waals surface area contributed by atoms with Crippen LogP contribution in [0.5, 0.6) is 0 Å². The maximum Gasteiger partial charge on any atom is 0.292 e. The fraction of sp³-hybridized carbons (Fsp3) is 0. The van der Waals surface area contributed by atoms with Crippen molar-refractivity contribution in [3.05, 3.63) is 56.9 Å². The summed E-state index contributed by atoms with van der Waals surface area (Å²) in [6, 6.07) is 5.88. The van der Waals surface area contributed by atoms with E-state index in [2.05, 4.69) is 5.32 Å². The topological polar surface area (TPSA) is 98.3 Å². The summed E-state index contributed by atoms with van der Waals surface area (Å²) in [5, 5.41) is 22.9. The van der Waals surface area contributed by atoms with E-state index in [0.29, 0.717) is 6.20 Å². The number of hydrogen-bond donors (Lipinski definition) is 1. The van der Waals surface area contributed by atoms with Crippen LogP contribution in [-0.4, -0.2) is 9.85 Å². The number of nitro benzene ring substituents is 1. The van der Waals surface area contributed by atoms with Crippen LogP contribution in [0.25, 0.3) is 0 Å². The Hall–Kier alpha value is -2.44. The Kier molecular flexibility index (Phi) is 3.33. The summed E-state index contributed by atoms with van der Waals surface area (Å²) in [7, 11) is 0. The molecule has 78 valence electrons. The number of benzene rings is 1. The van der Waals surface area contributed by atoms with Crippen LogP contribution in [0.2, 0.25) is 0 Å². The molecular formula is C8H7N3O4. The first kappa shape index (κ1) is 10.6. The highest BCUT2D eigenvalue weighted by Gasteiger charge is 2.10. The van der Waals surface area contributed by atoms with Crippen molar-refractivity contribution in [3.63, 3.8) is 0 Å². The molecule has 0 saturated heterocycles. The molecule has 0 bridgehead atoms. The number of nitrogens with zero attached hydrogens (tertiary/aromatic N) is 2. The Balaban J connectivity index is 2.85. The molecule has 0 aromatic heterocycles. The Bertz CT molecular complexity index is 416. The van der Waals surface area contributed by atoms with Crippen molar-refractivity contribution in [3.8, 4) is 0 Å². The van der Waals surface area contributed by atoms with Gasteiger partial charge in [-0.15, -0.1) is 0 Å². The van der Waals surface area contributed by atoms with Gasteiger partial charge in [0.05, 0.1) is 16.0 Å². The van der Waals surface area contributed by atoms with Gasteiger partial charge in [-0.25, -0.2) is 0 Å². The van der Waals surface area contributed by atoms with Gasteiger partial charge >= 0.3 is 0 Å². The largest absolute Gasteiger partial charge is 0.351 e. The van der Waals surface area contributed by atoms with Crippen LogP contribution in [0, 0.1) is 20.2 Å². The van der Waals surface area contributed by atoms with Gasteiger partial charge in [-0.2, -0.15) is 0 Å². The van der Waals surface area contributed by atoms with Gasteiger partial charge < -0.3 is 5.32 Å². The summed E-state index contributed by atoms with van der Waals surface area (Å²) in [6.45, 7) is 0.